The molecule has 1 aromatic heterocycles. The third-order valence-electron chi connectivity index (χ3n) is 4.29. The van der Waals surface area contributed by atoms with E-state index in [1.54, 1.807) is 17.7 Å². The molecule has 1 saturated heterocycles. The lowest BCUT2D eigenvalue weighted by atomic mass is 10.1. The molecule has 0 spiro atoms. The van der Waals surface area contributed by atoms with Crippen LogP contribution in [0.4, 0.5) is 0 Å². The molecule has 6 heteroatoms. The molecule has 118 valence electrons. The summed E-state index contributed by atoms with van der Waals surface area (Å²) < 4.78 is 2.73. The molecule has 0 bridgehead atoms. The van der Waals surface area contributed by atoms with E-state index in [0.29, 0.717) is 12.6 Å². The number of nitrogens with zero attached hydrogens (tertiary/aromatic N) is 3. The second kappa shape index (κ2) is 7.04. The van der Waals surface area contributed by atoms with Crippen molar-refractivity contribution in [1.82, 2.24) is 19.4 Å². The van der Waals surface area contributed by atoms with Crippen LogP contribution in [0.3, 0.4) is 0 Å². The quantitative estimate of drug-likeness (QED) is 0.833. The fourth-order valence-electron chi connectivity index (χ4n) is 2.96. The predicted molar refractivity (Wildman–Crippen MR) is 83.5 cm³/mol. The Morgan fingerprint density at radius 1 is 1.33 bits per heavy atom. The van der Waals surface area contributed by atoms with Gasteiger partial charge in [-0.25, -0.2) is 4.79 Å². The van der Waals surface area contributed by atoms with E-state index in [4.69, 9.17) is 0 Å². The standard InChI is InChI=1S/C15H26N4O2/c1-4-8-19(12-6-5-7-16-10-12)11-13-9-14(20)18(3)15(21)17(13)2/h9,12,16H,4-8,10-11H2,1-3H3. The van der Waals surface area contributed by atoms with Gasteiger partial charge in [0.25, 0.3) is 5.56 Å². The molecule has 0 amide bonds. The Hall–Kier alpha value is -1.40. The molecular weight excluding hydrogens is 268 g/mol. The van der Waals surface area contributed by atoms with Crippen LogP contribution in [-0.2, 0) is 20.6 Å². The van der Waals surface area contributed by atoms with Crippen LogP contribution in [-0.4, -0.2) is 39.7 Å². The van der Waals surface area contributed by atoms with Crippen LogP contribution >= 0.6 is 0 Å². The van der Waals surface area contributed by atoms with Crippen molar-refractivity contribution in [1.29, 1.82) is 0 Å². The molecule has 1 N–H and O–H groups in total. The van der Waals surface area contributed by atoms with Gasteiger partial charge in [0.05, 0.1) is 0 Å². The number of hydrogen-bond donors (Lipinski definition) is 1. The molecule has 1 atom stereocenters. The Morgan fingerprint density at radius 3 is 2.71 bits per heavy atom. The zero-order valence-corrected chi connectivity index (χ0v) is 13.3. The van der Waals surface area contributed by atoms with Gasteiger partial charge in [-0.1, -0.05) is 6.92 Å². The minimum Gasteiger partial charge on any atom is -0.315 e. The highest BCUT2D eigenvalue weighted by atomic mass is 16.2. The zero-order valence-electron chi connectivity index (χ0n) is 13.3. The third-order valence-corrected chi connectivity index (χ3v) is 4.29. The molecule has 0 aliphatic carbocycles. The van der Waals surface area contributed by atoms with Crippen molar-refractivity contribution < 1.29 is 0 Å². The summed E-state index contributed by atoms with van der Waals surface area (Å²) >= 11 is 0. The summed E-state index contributed by atoms with van der Waals surface area (Å²) in [5, 5.41) is 3.43. The van der Waals surface area contributed by atoms with Crippen molar-refractivity contribution in [2.75, 3.05) is 19.6 Å². The van der Waals surface area contributed by atoms with Crippen molar-refractivity contribution in [3.8, 4) is 0 Å². The molecule has 1 unspecified atom stereocenters. The lowest BCUT2D eigenvalue weighted by molar-refractivity contribution is 0.154. The topological polar surface area (TPSA) is 59.3 Å². The Kier molecular flexibility index (Phi) is 5.36. The van der Waals surface area contributed by atoms with Crippen LogP contribution < -0.4 is 16.6 Å². The average Bonchev–Trinajstić information content (AvgIpc) is 2.50. The van der Waals surface area contributed by atoms with Crippen molar-refractivity contribution in [3.05, 3.63) is 32.6 Å². The molecule has 1 aromatic rings. The summed E-state index contributed by atoms with van der Waals surface area (Å²) in [5.74, 6) is 0. The third kappa shape index (κ3) is 3.63. The minimum atomic E-state index is -0.254. The number of aromatic nitrogens is 2. The molecule has 6 nitrogen and oxygen atoms in total. The first kappa shape index (κ1) is 16.0. The lowest BCUT2D eigenvalue weighted by Crippen LogP contribution is -2.47. The SMILES string of the molecule is CCCN(Cc1cc(=O)n(C)c(=O)n1C)C1CCCNC1. The van der Waals surface area contributed by atoms with Crippen molar-refractivity contribution >= 4 is 0 Å². The van der Waals surface area contributed by atoms with Crippen LogP contribution in [0.25, 0.3) is 0 Å². The predicted octanol–water partition coefficient (Wildman–Crippen LogP) is 0.0480. The van der Waals surface area contributed by atoms with Crippen LogP contribution in [0.2, 0.25) is 0 Å². The zero-order chi connectivity index (χ0) is 15.4. The maximum absolute atomic E-state index is 12.0. The molecule has 2 heterocycles. The van der Waals surface area contributed by atoms with E-state index in [9.17, 15) is 9.59 Å². The maximum Gasteiger partial charge on any atom is 0.330 e. The van der Waals surface area contributed by atoms with Gasteiger partial charge in [-0.05, 0) is 32.4 Å². The molecule has 1 aliphatic rings. The number of hydrogen-bond acceptors (Lipinski definition) is 4. The van der Waals surface area contributed by atoms with E-state index in [0.717, 1.165) is 36.3 Å². The Bertz CT molecular complexity index is 584. The summed E-state index contributed by atoms with van der Waals surface area (Å²) in [6, 6.07) is 2.07. The van der Waals surface area contributed by atoms with E-state index in [1.165, 1.54) is 19.9 Å². The van der Waals surface area contributed by atoms with Crippen LogP contribution in [0.5, 0.6) is 0 Å². The summed E-state index contributed by atoms with van der Waals surface area (Å²) in [7, 11) is 3.25. The molecule has 2 rings (SSSR count). The second-order valence-electron chi connectivity index (χ2n) is 5.85. The smallest absolute Gasteiger partial charge is 0.315 e. The summed E-state index contributed by atoms with van der Waals surface area (Å²) in [4.78, 5) is 26.3. The van der Waals surface area contributed by atoms with E-state index in [2.05, 4.69) is 17.1 Å². The summed E-state index contributed by atoms with van der Waals surface area (Å²) in [6.45, 7) is 5.86. The van der Waals surface area contributed by atoms with Gasteiger partial charge < -0.3 is 5.32 Å². The highest BCUT2D eigenvalue weighted by Gasteiger charge is 2.21. The molecule has 0 aromatic carbocycles. The molecule has 0 radical (unpaired) electrons. The van der Waals surface area contributed by atoms with Gasteiger partial charge in [-0.2, -0.15) is 0 Å². The van der Waals surface area contributed by atoms with Crippen LogP contribution in [0, 0.1) is 0 Å². The molecule has 0 saturated carbocycles. The number of nitrogens with one attached hydrogen (secondary N) is 1. The highest BCUT2D eigenvalue weighted by Crippen LogP contribution is 2.13. The van der Waals surface area contributed by atoms with E-state index < -0.39 is 0 Å². The molecular formula is C15H26N4O2. The van der Waals surface area contributed by atoms with Gasteiger partial charge in [-0.15, -0.1) is 0 Å². The van der Waals surface area contributed by atoms with Gasteiger partial charge in [0.2, 0.25) is 0 Å². The number of piperidine rings is 1. The molecule has 1 aliphatic heterocycles. The molecule has 21 heavy (non-hydrogen) atoms. The van der Waals surface area contributed by atoms with E-state index in [-0.39, 0.29) is 11.2 Å². The first-order valence-corrected chi connectivity index (χ1v) is 7.75. The van der Waals surface area contributed by atoms with Gasteiger partial charge in [0.15, 0.2) is 0 Å². The van der Waals surface area contributed by atoms with Crippen LogP contribution in [0.1, 0.15) is 31.9 Å². The first-order valence-electron chi connectivity index (χ1n) is 7.75. The van der Waals surface area contributed by atoms with Gasteiger partial charge in [0.1, 0.15) is 0 Å². The van der Waals surface area contributed by atoms with E-state index in [1.807, 2.05) is 0 Å². The summed E-state index contributed by atoms with van der Waals surface area (Å²) in [6.07, 6.45) is 3.42. The van der Waals surface area contributed by atoms with Gasteiger partial charge in [0, 0.05) is 45.0 Å². The second-order valence-corrected chi connectivity index (χ2v) is 5.85. The highest BCUT2D eigenvalue weighted by molar-refractivity contribution is 5.03. The average molecular weight is 294 g/mol. The molecule has 1 fully saturated rings. The van der Waals surface area contributed by atoms with Gasteiger partial charge >= 0.3 is 5.69 Å². The maximum atomic E-state index is 12.0. The Labute approximate surface area is 125 Å². The monoisotopic (exact) mass is 294 g/mol. The Balaban J connectivity index is 2.24. The minimum absolute atomic E-state index is 0.230. The van der Waals surface area contributed by atoms with Crippen molar-refractivity contribution in [3.63, 3.8) is 0 Å². The van der Waals surface area contributed by atoms with Crippen LogP contribution in [0.15, 0.2) is 15.7 Å². The van der Waals surface area contributed by atoms with Gasteiger partial charge in [-0.3, -0.25) is 18.8 Å². The summed E-state index contributed by atoms with van der Waals surface area (Å²) in [5.41, 5.74) is 0.309. The number of rotatable bonds is 5. The normalized spacial score (nSPS) is 19.1. The lowest BCUT2D eigenvalue weighted by Gasteiger charge is -2.34. The first-order chi connectivity index (χ1) is 10.0. The fourth-order valence-corrected chi connectivity index (χ4v) is 2.96. The van der Waals surface area contributed by atoms with E-state index >= 15 is 0 Å². The Morgan fingerprint density at radius 2 is 2.10 bits per heavy atom. The van der Waals surface area contributed by atoms with Crippen molar-refractivity contribution in [2.24, 2.45) is 14.1 Å². The largest absolute Gasteiger partial charge is 0.330 e. The van der Waals surface area contributed by atoms with Crippen molar-refractivity contribution in [2.45, 2.75) is 38.8 Å². The fraction of sp³-hybridized carbons (Fsp3) is 0.733.